The van der Waals surface area contributed by atoms with Crippen LogP contribution in [-0.2, 0) is 0 Å². The van der Waals surface area contributed by atoms with Crippen molar-refractivity contribution in [2.45, 2.75) is 76.9 Å². The largest absolute Gasteiger partial charge is 0.315 e. The molecule has 2 rings (SSSR count). The molecule has 0 aromatic carbocycles. The Balaban J connectivity index is 1.92. The summed E-state index contributed by atoms with van der Waals surface area (Å²) in [6, 6.07) is 2.23. The number of hydrogen-bond donors (Lipinski definition) is 1. The molecule has 3 nitrogen and oxygen atoms in total. The summed E-state index contributed by atoms with van der Waals surface area (Å²) in [4.78, 5) is 5.36. The Labute approximate surface area is 132 Å². The van der Waals surface area contributed by atoms with Gasteiger partial charge >= 0.3 is 0 Å². The second-order valence-corrected chi connectivity index (χ2v) is 7.29. The van der Waals surface area contributed by atoms with Gasteiger partial charge in [-0.1, -0.05) is 26.7 Å². The Bertz CT molecular complexity index is 294. The van der Waals surface area contributed by atoms with Gasteiger partial charge in [0.25, 0.3) is 0 Å². The van der Waals surface area contributed by atoms with Gasteiger partial charge in [-0.2, -0.15) is 0 Å². The highest BCUT2D eigenvalue weighted by atomic mass is 15.2. The Morgan fingerprint density at radius 2 is 2.00 bits per heavy atom. The van der Waals surface area contributed by atoms with Crippen molar-refractivity contribution in [3.63, 3.8) is 0 Å². The maximum absolute atomic E-state index is 3.59. The minimum atomic E-state index is 0.694. The van der Waals surface area contributed by atoms with Crippen molar-refractivity contribution in [1.82, 2.24) is 15.1 Å². The van der Waals surface area contributed by atoms with Crippen molar-refractivity contribution in [2.24, 2.45) is 5.92 Å². The van der Waals surface area contributed by atoms with Crippen LogP contribution in [0.25, 0.3) is 0 Å². The molecule has 0 amide bonds. The molecule has 1 aliphatic carbocycles. The van der Waals surface area contributed by atoms with Gasteiger partial charge in [0.1, 0.15) is 0 Å². The molecule has 1 N–H and O–H groups in total. The van der Waals surface area contributed by atoms with Gasteiger partial charge < -0.3 is 10.2 Å². The lowest BCUT2D eigenvalue weighted by molar-refractivity contribution is 0.0938. The summed E-state index contributed by atoms with van der Waals surface area (Å²) in [5, 5.41) is 3.59. The fourth-order valence-corrected chi connectivity index (χ4v) is 4.71. The van der Waals surface area contributed by atoms with Gasteiger partial charge in [-0.25, -0.2) is 0 Å². The first-order valence-corrected chi connectivity index (χ1v) is 9.31. The highest BCUT2D eigenvalue weighted by molar-refractivity contribution is 4.92. The van der Waals surface area contributed by atoms with Gasteiger partial charge in [0, 0.05) is 24.7 Å². The van der Waals surface area contributed by atoms with Crippen LogP contribution in [0.5, 0.6) is 0 Å². The van der Waals surface area contributed by atoms with E-state index in [0.717, 1.165) is 18.0 Å². The zero-order valence-electron chi connectivity index (χ0n) is 14.8. The second-order valence-electron chi connectivity index (χ2n) is 7.29. The van der Waals surface area contributed by atoms with Gasteiger partial charge in [0.05, 0.1) is 0 Å². The molecular weight excluding hydrogens is 258 g/mol. The van der Waals surface area contributed by atoms with Crippen molar-refractivity contribution in [1.29, 1.82) is 0 Å². The van der Waals surface area contributed by atoms with E-state index in [1.165, 1.54) is 64.6 Å². The zero-order valence-corrected chi connectivity index (χ0v) is 14.8. The van der Waals surface area contributed by atoms with E-state index in [4.69, 9.17) is 0 Å². The van der Waals surface area contributed by atoms with Crippen molar-refractivity contribution in [3.05, 3.63) is 0 Å². The van der Waals surface area contributed by atoms with E-state index in [1.807, 2.05) is 0 Å². The molecule has 21 heavy (non-hydrogen) atoms. The van der Waals surface area contributed by atoms with E-state index in [-0.39, 0.29) is 0 Å². The van der Waals surface area contributed by atoms with Gasteiger partial charge in [-0.05, 0) is 65.2 Å². The van der Waals surface area contributed by atoms with Crippen LogP contribution < -0.4 is 5.32 Å². The third-order valence-electron chi connectivity index (χ3n) is 5.96. The van der Waals surface area contributed by atoms with Crippen molar-refractivity contribution >= 4 is 0 Å². The van der Waals surface area contributed by atoms with Gasteiger partial charge in [-0.3, -0.25) is 4.90 Å². The SMILES string of the molecule is CCCC1CCC(NC)C(N(C)CC2CCCN2CC)C1. The lowest BCUT2D eigenvalue weighted by Gasteiger charge is -2.42. The third-order valence-corrected chi connectivity index (χ3v) is 5.96. The van der Waals surface area contributed by atoms with Gasteiger partial charge in [0.15, 0.2) is 0 Å². The van der Waals surface area contributed by atoms with E-state index in [0.29, 0.717) is 6.04 Å². The average molecular weight is 296 g/mol. The van der Waals surface area contributed by atoms with Crippen LogP contribution in [-0.4, -0.2) is 61.7 Å². The van der Waals surface area contributed by atoms with Crippen molar-refractivity contribution < 1.29 is 0 Å². The lowest BCUT2D eigenvalue weighted by atomic mass is 9.79. The van der Waals surface area contributed by atoms with E-state index >= 15 is 0 Å². The normalized spacial score (nSPS) is 34.7. The fraction of sp³-hybridized carbons (Fsp3) is 1.00. The van der Waals surface area contributed by atoms with E-state index < -0.39 is 0 Å². The summed E-state index contributed by atoms with van der Waals surface area (Å²) in [6.07, 6.45) is 9.74. The molecule has 0 radical (unpaired) electrons. The molecule has 3 heteroatoms. The molecule has 4 atom stereocenters. The van der Waals surface area contributed by atoms with E-state index in [2.05, 4.69) is 43.1 Å². The van der Waals surface area contributed by atoms with E-state index in [9.17, 15) is 0 Å². The quantitative estimate of drug-likeness (QED) is 0.779. The number of nitrogens with one attached hydrogen (secondary N) is 1. The van der Waals surface area contributed by atoms with Crippen LogP contribution in [0.15, 0.2) is 0 Å². The maximum Gasteiger partial charge on any atom is 0.0249 e. The molecule has 0 aromatic rings. The number of likely N-dealkylation sites (N-methyl/N-ethyl adjacent to an activating group) is 3. The molecule has 4 unspecified atom stereocenters. The minimum Gasteiger partial charge on any atom is -0.315 e. The summed E-state index contributed by atoms with van der Waals surface area (Å²) in [5.74, 6) is 0.956. The molecule has 1 saturated carbocycles. The topological polar surface area (TPSA) is 18.5 Å². The molecule has 0 aromatic heterocycles. The second kappa shape index (κ2) is 8.50. The number of nitrogens with zero attached hydrogens (tertiary/aromatic N) is 2. The smallest absolute Gasteiger partial charge is 0.0249 e. The van der Waals surface area contributed by atoms with Crippen LogP contribution >= 0.6 is 0 Å². The molecule has 2 fully saturated rings. The van der Waals surface area contributed by atoms with Crippen molar-refractivity contribution in [3.8, 4) is 0 Å². The number of likely N-dealkylation sites (tertiary alicyclic amines) is 1. The van der Waals surface area contributed by atoms with Crippen LogP contribution in [0.2, 0.25) is 0 Å². The molecular formula is C18H37N3. The first-order chi connectivity index (χ1) is 10.2. The molecule has 2 aliphatic rings. The Morgan fingerprint density at radius 3 is 2.67 bits per heavy atom. The van der Waals surface area contributed by atoms with Gasteiger partial charge in [-0.15, -0.1) is 0 Å². The van der Waals surface area contributed by atoms with Crippen LogP contribution in [0.3, 0.4) is 0 Å². The molecule has 0 bridgehead atoms. The summed E-state index contributed by atoms with van der Waals surface area (Å²) in [6.45, 7) is 8.44. The summed E-state index contributed by atoms with van der Waals surface area (Å²) in [7, 11) is 4.52. The zero-order chi connectivity index (χ0) is 15.2. The maximum atomic E-state index is 3.59. The highest BCUT2D eigenvalue weighted by Gasteiger charge is 2.34. The Morgan fingerprint density at radius 1 is 1.19 bits per heavy atom. The Kier molecular flexibility index (Phi) is 6.97. The highest BCUT2D eigenvalue weighted by Crippen LogP contribution is 2.31. The minimum absolute atomic E-state index is 0.694. The average Bonchev–Trinajstić information content (AvgIpc) is 2.94. The lowest BCUT2D eigenvalue weighted by Crippen LogP contribution is -2.53. The number of hydrogen-bond acceptors (Lipinski definition) is 3. The summed E-state index contributed by atoms with van der Waals surface area (Å²) >= 11 is 0. The first-order valence-electron chi connectivity index (χ1n) is 9.31. The van der Waals surface area contributed by atoms with E-state index in [1.54, 1.807) is 0 Å². The predicted octanol–water partition coefficient (Wildman–Crippen LogP) is 2.96. The fourth-order valence-electron chi connectivity index (χ4n) is 4.71. The first kappa shape index (κ1) is 17.2. The summed E-state index contributed by atoms with van der Waals surface area (Å²) < 4.78 is 0. The Hall–Kier alpha value is -0.120. The molecule has 1 aliphatic heterocycles. The van der Waals surface area contributed by atoms with Crippen LogP contribution in [0, 0.1) is 5.92 Å². The van der Waals surface area contributed by atoms with Gasteiger partial charge in [0.2, 0.25) is 0 Å². The number of rotatable bonds is 7. The third kappa shape index (κ3) is 4.43. The molecule has 124 valence electrons. The van der Waals surface area contributed by atoms with Crippen LogP contribution in [0.4, 0.5) is 0 Å². The van der Waals surface area contributed by atoms with Crippen molar-refractivity contribution in [2.75, 3.05) is 33.7 Å². The van der Waals surface area contributed by atoms with Crippen LogP contribution in [0.1, 0.15) is 58.8 Å². The monoisotopic (exact) mass is 295 g/mol. The molecule has 0 spiro atoms. The predicted molar refractivity (Wildman–Crippen MR) is 91.8 cm³/mol. The standard InChI is InChI=1S/C18H37N3/c1-5-8-15-10-11-17(19-3)18(13-15)20(4)14-16-9-7-12-21(16)6-2/h15-19H,5-14H2,1-4H3. The molecule has 1 heterocycles. The molecule has 1 saturated heterocycles. The summed E-state index contributed by atoms with van der Waals surface area (Å²) in [5.41, 5.74) is 0.